The van der Waals surface area contributed by atoms with E-state index in [0.29, 0.717) is 6.54 Å². The van der Waals surface area contributed by atoms with Crippen molar-refractivity contribution in [1.29, 1.82) is 0 Å². The van der Waals surface area contributed by atoms with Gasteiger partial charge in [-0.15, -0.1) is 0 Å². The SMILES string of the molecule is CC1CCN(C(=O)NCC2(CO)CC2)CC1. The summed E-state index contributed by atoms with van der Waals surface area (Å²) in [6, 6.07) is 0.0478. The van der Waals surface area contributed by atoms with Crippen LogP contribution in [0.2, 0.25) is 0 Å². The van der Waals surface area contributed by atoms with Gasteiger partial charge < -0.3 is 15.3 Å². The van der Waals surface area contributed by atoms with Gasteiger partial charge in [-0.1, -0.05) is 6.92 Å². The lowest BCUT2D eigenvalue weighted by molar-refractivity contribution is 0.165. The number of carbonyl (C=O) groups is 1. The van der Waals surface area contributed by atoms with Crippen molar-refractivity contribution in [3.63, 3.8) is 0 Å². The molecule has 1 heterocycles. The number of nitrogens with one attached hydrogen (secondary N) is 1. The van der Waals surface area contributed by atoms with Gasteiger partial charge in [-0.05, 0) is 31.6 Å². The van der Waals surface area contributed by atoms with Gasteiger partial charge in [0.05, 0.1) is 6.61 Å². The van der Waals surface area contributed by atoms with Crippen LogP contribution in [0, 0.1) is 11.3 Å². The first kappa shape index (κ1) is 11.7. The molecule has 0 unspecified atom stereocenters. The average Bonchev–Trinajstić information content (AvgIpc) is 3.08. The maximum atomic E-state index is 11.8. The summed E-state index contributed by atoms with van der Waals surface area (Å²) in [5, 5.41) is 12.1. The molecule has 1 aliphatic carbocycles. The Bertz CT molecular complexity index is 256. The van der Waals surface area contributed by atoms with E-state index in [2.05, 4.69) is 12.2 Å². The van der Waals surface area contributed by atoms with Crippen LogP contribution < -0.4 is 5.32 Å². The van der Waals surface area contributed by atoms with Crippen molar-refractivity contribution >= 4 is 6.03 Å². The number of aliphatic hydroxyl groups excluding tert-OH is 1. The Hall–Kier alpha value is -0.770. The zero-order chi connectivity index (χ0) is 11.6. The number of amides is 2. The molecule has 0 radical (unpaired) electrons. The number of rotatable bonds is 3. The van der Waals surface area contributed by atoms with Crippen molar-refractivity contribution in [2.45, 2.75) is 32.6 Å². The quantitative estimate of drug-likeness (QED) is 0.759. The summed E-state index contributed by atoms with van der Waals surface area (Å²) in [6.07, 6.45) is 4.30. The zero-order valence-corrected chi connectivity index (χ0v) is 10.0. The summed E-state index contributed by atoms with van der Waals surface area (Å²) in [6.45, 7) is 4.82. The van der Waals surface area contributed by atoms with E-state index >= 15 is 0 Å². The highest BCUT2D eigenvalue weighted by atomic mass is 16.3. The van der Waals surface area contributed by atoms with Crippen LogP contribution in [0.4, 0.5) is 4.79 Å². The summed E-state index contributed by atoms with van der Waals surface area (Å²) in [5.74, 6) is 0.747. The Morgan fingerprint density at radius 2 is 2.06 bits per heavy atom. The predicted octanol–water partition coefficient (Wildman–Crippen LogP) is 1.20. The minimum absolute atomic E-state index is 0.0126. The third-order valence-corrected chi connectivity index (χ3v) is 3.98. The van der Waals surface area contributed by atoms with Crippen LogP contribution in [0.1, 0.15) is 32.6 Å². The van der Waals surface area contributed by atoms with Crippen LogP contribution in [0.5, 0.6) is 0 Å². The first-order chi connectivity index (χ1) is 7.65. The molecule has 0 aromatic rings. The fraction of sp³-hybridized carbons (Fsp3) is 0.917. The molecular weight excluding hydrogens is 204 g/mol. The smallest absolute Gasteiger partial charge is 0.317 e. The second kappa shape index (κ2) is 4.62. The van der Waals surface area contributed by atoms with Crippen molar-refractivity contribution in [2.75, 3.05) is 26.2 Å². The maximum Gasteiger partial charge on any atom is 0.317 e. The third-order valence-electron chi connectivity index (χ3n) is 3.98. The van der Waals surface area contributed by atoms with Crippen LogP contribution >= 0.6 is 0 Å². The topological polar surface area (TPSA) is 52.6 Å². The molecule has 0 atom stereocenters. The molecule has 2 aliphatic rings. The van der Waals surface area contributed by atoms with Crippen LogP contribution in [0.3, 0.4) is 0 Å². The van der Waals surface area contributed by atoms with Crippen molar-refractivity contribution in [3.8, 4) is 0 Å². The molecule has 0 aromatic heterocycles. The molecule has 0 aromatic carbocycles. The van der Waals surface area contributed by atoms with Crippen molar-refractivity contribution in [2.24, 2.45) is 11.3 Å². The average molecular weight is 226 g/mol. The molecule has 2 rings (SSSR count). The molecule has 1 saturated carbocycles. The van der Waals surface area contributed by atoms with Crippen LogP contribution in [0.15, 0.2) is 0 Å². The Morgan fingerprint density at radius 1 is 1.44 bits per heavy atom. The van der Waals surface area contributed by atoms with Crippen LogP contribution in [-0.2, 0) is 0 Å². The normalized spacial score (nSPS) is 24.2. The van der Waals surface area contributed by atoms with E-state index in [1.54, 1.807) is 0 Å². The number of nitrogens with zero attached hydrogens (tertiary/aromatic N) is 1. The lowest BCUT2D eigenvalue weighted by Gasteiger charge is -2.30. The minimum atomic E-state index is 0.0126. The van der Waals surface area contributed by atoms with E-state index in [4.69, 9.17) is 5.11 Å². The second-order valence-corrected chi connectivity index (χ2v) is 5.49. The van der Waals surface area contributed by atoms with Gasteiger partial charge in [0, 0.05) is 25.0 Å². The molecular formula is C12H22N2O2. The fourth-order valence-corrected chi connectivity index (χ4v) is 2.15. The lowest BCUT2D eigenvalue weighted by atomic mass is 10.00. The monoisotopic (exact) mass is 226 g/mol. The maximum absolute atomic E-state index is 11.8. The van der Waals surface area contributed by atoms with E-state index < -0.39 is 0 Å². The van der Waals surface area contributed by atoms with Gasteiger partial charge in [0.1, 0.15) is 0 Å². The van der Waals surface area contributed by atoms with E-state index in [9.17, 15) is 4.79 Å². The first-order valence-electron chi connectivity index (χ1n) is 6.29. The second-order valence-electron chi connectivity index (χ2n) is 5.49. The Balaban J connectivity index is 1.71. The largest absolute Gasteiger partial charge is 0.396 e. The number of urea groups is 1. The third kappa shape index (κ3) is 2.67. The fourth-order valence-electron chi connectivity index (χ4n) is 2.15. The molecule has 2 fully saturated rings. The standard InChI is InChI=1S/C12H22N2O2/c1-10-2-6-14(7-3-10)11(16)13-8-12(9-15)4-5-12/h10,15H,2-9H2,1H3,(H,13,16). The molecule has 2 amide bonds. The van der Waals surface area contributed by atoms with Crippen molar-refractivity contribution in [3.05, 3.63) is 0 Å². The molecule has 16 heavy (non-hydrogen) atoms. The summed E-state index contributed by atoms with van der Waals surface area (Å²) >= 11 is 0. The van der Waals surface area contributed by atoms with Crippen molar-refractivity contribution < 1.29 is 9.90 Å². The number of likely N-dealkylation sites (tertiary alicyclic amines) is 1. The molecule has 4 heteroatoms. The molecule has 0 spiro atoms. The zero-order valence-electron chi connectivity index (χ0n) is 10.0. The Kier molecular flexibility index (Phi) is 3.38. The number of aliphatic hydroxyl groups is 1. The Labute approximate surface area is 97.0 Å². The number of hydrogen-bond donors (Lipinski definition) is 2. The van der Waals surface area contributed by atoms with Crippen LogP contribution in [0.25, 0.3) is 0 Å². The van der Waals surface area contributed by atoms with Gasteiger partial charge in [0.15, 0.2) is 0 Å². The van der Waals surface area contributed by atoms with Gasteiger partial charge in [-0.3, -0.25) is 0 Å². The van der Waals surface area contributed by atoms with E-state index in [1.165, 1.54) is 0 Å². The van der Waals surface area contributed by atoms with Gasteiger partial charge in [0.2, 0.25) is 0 Å². The molecule has 1 saturated heterocycles. The number of carbonyl (C=O) groups excluding carboxylic acids is 1. The predicted molar refractivity (Wildman–Crippen MR) is 62.1 cm³/mol. The van der Waals surface area contributed by atoms with E-state index in [1.807, 2.05) is 4.90 Å². The van der Waals surface area contributed by atoms with Crippen LogP contribution in [-0.4, -0.2) is 42.3 Å². The van der Waals surface area contributed by atoms with Gasteiger partial charge in [-0.2, -0.15) is 0 Å². The highest BCUT2D eigenvalue weighted by molar-refractivity contribution is 5.74. The highest BCUT2D eigenvalue weighted by Gasteiger charge is 2.42. The molecule has 2 N–H and O–H groups in total. The van der Waals surface area contributed by atoms with E-state index in [0.717, 1.165) is 44.7 Å². The molecule has 1 aliphatic heterocycles. The lowest BCUT2D eigenvalue weighted by Crippen LogP contribution is -2.46. The summed E-state index contributed by atoms with van der Waals surface area (Å²) < 4.78 is 0. The minimum Gasteiger partial charge on any atom is -0.396 e. The molecule has 92 valence electrons. The first-order valence-corrected chi connectivity index (χ1v) is 6.29. The molecule has 4 nitrogen and oxygen atoms in total. The number of hydrogen-bond acceptors (Lipinski definition) is 2. The van der Waals surface area contributed by atoms with Gasteiger partial charge in [-0.25, -0.2) is 4.79 Å². The number of piperidine rings is 1. The van der Waals surface area contributed by atoms with Gasteiger partial charge in [0.25, 0.3) is 0 Å². The van der Waals surface area contributed by atoms with E-state index in [-0.39, 0.29) is 18.1 Å². The summed E-state index contributed by atoms with van der Waals surface area (Å²) in [4.78, 5) is 13.7. The van der Waals surface area contributed by atoms with Crippen molar-refractivity contribution in [1.82, 2.24) is 10.2 Å². The Morgan fingerprint density at radius 3 is 2.56 bits per heavy atom. The summed E-state index contributed by atoms with van der Waals surface area (Å²) in [5.41, 5.74) is 0.0126. The highest BCUT2D eigenvalue weighted by Crippen LogP contribution is 2.44. The molecule has 0 bridgehead atoms. The van der Waals surface area contributed by atoms with Gasteiger partial charge >= 0.3 is 6.03 Å². The summed E-state index contributed by atoms with van der Waals surface area (Å²) in [7, 11) is 0.